The van der Waals surface area contributed by atoms with Crippen molar-refractivity contribution >= 4 is 5.78 Å². The molecule has 3 nitrogen and oxygen atoms in total. The molecule has 0 unspecified atom stereocenters. The molecule has 0 saturated heterocycles. The number of ether oxygens (including phenoxy) is 1. The molecular weight excluding hydrogens is 293 g/mol. The Balaban J connectivity index is 1.45. The molecule has 0 atom stereocenters. The van der Waals surface area contributed by atoms with Crippen LogP contribution < -0.4 is 4.74 Å². The highest BCUT2D eigenvalue weighted by molar-refractivity contribution is 5.86. The molecule has 0 radical (unpaired) electrons. The number of carbonyl (C=O) groups excluding carboxylic acids is 1. The minimum absolute atomic E-state index is 0.0575. The first-order valence-electron chi connectivity index (χ1n) is 8.44. The molecule has 4 bridgehead atoms. The van der Waals surface area contributed by atoms with E-state index in [0.29, 0.717) is 17.8 Å². The fourth-order valence-electron chi connectivity index (χ4n) is 5.44. The van der Waals surface area contributed by atoms with Gasteiger partial charge in [0.2, 0.25) is 0 Å². The summed E-state index contributed by atoms with van der Waals surface area (Å²) in [6.45, 7) is -0.0605. The molecule has 23 heavy (non-hydrogen) atoms. The second-order valence-corrected chi connectivity index (χ2v) is 7.67. The molecule has 4 aliphatic rings. The molecule has 4 heteroatoms. The second kappa shape index (κ2) is 5.33. The highest BCUT2D eigenvalue weighted by atomic mass is 19.1. The standard InChI is InChI=1S/C19H20FNO2/c20-16-6-12(10-21)1-2-17(16)23-11-18(22)19-7-13-3-14(8-19)5-15(4-13)9-19/h1-2,6,13-15H,3-5,7-9,11H2. The van der Waals surface area contributed by atoms with E-state index in [9.17, 15) is 9.18 Å². The molecule has 0 aliphatic heterocycles. The fourth-order valence-corrected chi connectivity index (χ4v) is 5.44. The van der Waals surface area contributed by atoms with Crippen molar-refractivity contribution in [3.8, 4) is 11.8 Å². The van der Waals surface area contributed by atoms with Gasteiger partial charge in [0, 0.05) is 5.41 Å². The molecule has 0 N–H and O–H groups in total. The Morgan fingerprint density at radius 2 is 1.83 bits per heavy atom. The lowest BCUT2D eigenvalue weighted by Gasteiger charge is -2.55. The van der Waals surface area contributed by atoms with E-state index in [1.165, 1.54) is 31.4 Å². The lowest BCUT2D eigenvalue weighted by molar-refractivity contribution is -0.146. The fraction of sp³-hybridized carbons (Fsp3) is 0.579. The van der Waals surface area contributed by atoms with Gasteiger partial charge in [-0.3, -0.25) is 4.79 Å². The summed E-state index contributed by atoms with van der Waals surface area (Å²) in [5.41, 5.74) is 0.0416. The minimum Gasteiger partial charge on any atom is -0.483 e. The summed E-state index contributed by atoms with van der Waals surface area (Å²) >= 11 is 0. The van der Waals surface area contributed by atoms with E-state index in [0.717, 1.165) is 25.3 Å². The third-order valence-electron chi connectivity index (χ3n) is 6.05. The highest BCUT2D eigenvalue weighted by Gasteiger charge is 2.54. The third-order valence-corrected chi connectivity index (χ3v) is 6.05. The van der Waals surface area contributed by atoms with Crippen LogP contribution in [0.5, 0.6) is 5.75 Å². The Morgan fingerprint density at radius 1 is 1.22 bits per heavy atom. The molecule has 0 heterocycles. The number of rotatable bonds is 4. The van der Waals surface area contributed by atoms with E-state index in [1.807, 2.05) is 6.07 Å². The van der Waals surface area contributed by atoms with E-state index in [1.54, 1.807) is 0 Å². The number of carbonyl (C=O) groups is 1. The number of nitrogens with zero attached hydrogens (tertiary/aromatic N) is 1. The summed E-state index contributed by atoms with van der Waals surface area (Å²) in [6.07, 6.45) is 6.86. The van der Waals surface area contributed by atoms with Gasteiger partial charge in [0.15, 0.2) is 17.3 Å². The van der Waals surface area contributed by atoms with Crippen LogP contribution in [0.1, 0.15) is 44.1 Å². The van der Waals surface area contributed by atoms with Crippen molar-refractivity contribution in [3.63, 3.8) is 0 Å². The van der Waals surface area contributed by atoms with Crippen molar-refractivity contribution in [1.29, 1.82) is 5.26 Å². The van der Waals surface area contributed by atoms with Crippen molar-refractivity contribution in [2.45, 2.75) is 38.5 Å². The summed E-state index contributed by atoms with van der Waals surface area (Å²) in [6, 6.07) is 5.97. The van der Waals surface area contributed by atoms with Gasteiger partial charge < -0.3 is 4.74 Å². The van der Waals surface area contributed by atoms with Gasteiger partial charge in [-0.1, -0.05) is 0 Å². The molecule has 1 aromatic carbocycles. The highest BCUT2D eigenvalue weighted by Crippen LogP contribution is 2.60. The van der Waals surface area contributed by atoms with Crippen molar-refractivity contribution in [3.05, 3.63) is 29.6 Å². The first kappa shape index (κ1) is 14.7. The molecule has 4 aliphatic carbocycles. The monoisotopic (exact) mass is 313 g/mol. The van der Waals surface area contributed by atoms with E-state index in [2.05, 4.69) is 0 Å². The minimum atomic E-state index is -0.581. The smallest absolute Gasteiger partial charge is 0.176 e. The van der Waals surface area contributed by atoms with Crippen LogP contribution in [0.3, 0.4) is 0 Å². The molecule has 1 aromatic rings. The van der Waals surface area contributed by atoms with Crippen LogP contribution in [0, 0.1) is 40.3 Å². The molecule has 4 fully saturated rings. The Kier molecular flexibility index (Phi) is 3.41. The van der Waals surface area contributed by atoms with Gasteiger partial charge in [0.05, 0.1) is 11.6 Å². The van der Waals surface area contributed by atoms with Crippen LogP contribution in [0.2, 0.25) is 0 Å². The molecule has 0 amide bonds. The van der Waals surface area contributed by atoms with Crippen LogP contribution in [-0.2, 0) is 4.79 Å². The predicted octanol–water partition coefficient (Wildman–Crippen LogP) is 3.86. The summed E-state index contributed by atoms with van der Waals surface area (Å²) in [5, 5.41) is 8.76. The van der Waals surface area contributed by atoms with Crippen LogP contribution in [0.15, 0.2) is 18.2 Å². The molecule has 0 aromatic heterocycles. The molecule has 5 rings (SSSR count). The van der Waals surface area contributed by atoms with E-state index in [-0.39, 0.29) is 29.1 Å². The van der Waals surface area contributed by atoms with Gasteiger partial charge in [0.25, 0.3) is 0 Å². The summed E-state index contributed by atoms with van der Waals surface area (Å²) in [5.74, 6) is 1.73. The number of Topliss-reactive ketones (excluding diaryl/α,β-unsaturated/α-hetero) is 1. The van der Waals surface area contributed by atoms with Crippen molar-refractivity contribution in [2.24, 2.45) is 23.2 Å². The third kappa shape index (κ3) is 2.52. The van der Waals surface area contributed by atoms with Crippen molar-refractivity contribution < 1.29 is 13.9 Å². The van der Waals surface area contributed by atoms with Crippen LogP contribution in [0.25, 0.3) is 0 Å². The second-order valence-electron chi connectivity index (χ2n) is 7.67. The maximum Gasteiger partial charge on any atom is 0.176 e. The number of ketones is 1. The largest absolute Gasteiger partial charge is 0.483 e. The normalized spacial score (nSPS) is 34.2. The van der Waals surface area contributed by atoms with E-state index in [4.69, 9.17) is 10.00 Å². The van der Waals surface area contributed by atoms with Crippen LogP contribution in [-0.4, -0.2) is 12.4 Å². The zero-order valence-electron chi connectivity index (χ0n) is 13.1. The van der Waals surface area contributed by atoms with Gasteiger partial charge in [-0.25, -0.2) is 4.39 Å². The van der Waals surface area contributed by atoms with Crippen LogP contribution in [0.4, 0.5) is 4.39 Å². The lowest BCUT2D eigenvalue weighted by atomic mass is 9.48. The average Bonchev–Trinajstić information content (AvgIpc) is 2.52. The Bertz CT molecular complexity index is 656. The number of halogens is 1. The van der Waals surface area contributed by atoms with Gasteiger partial charge in [0.1, 0.15) is 6.61 Å². The Morgan fingerprint density at radius 3 is 2.35 bits per heavy atom. The lowest BCUT2D eigenvalue weighted by Crippen LogP contribution is -2.51. The van der Waals surface area contributed by atoms with E-state index < -0.39 is 5.82 Å². The molecule has 0 spiro atoms. The number of nitriles is 1. The molecule has 120 valence electrons. The Hall–Kier alpha value is -1.89. The SMILES string of the molecule is N#Cc1ccc(OCC(=O)C23CC4CC(CC(C4)C2)C3)c(F)c1. The number of hydrogen-bond donors (Lipinski definition) is 0. The summed E-state index contributed by atoms with van der Waals surface area (Å²) in [4.78, 5) is 12.8. The first-order chi connectivity index (χ1) is 11.1. The Labute approximate surface area is 135 Å². The summed E-state index contributed by atoms with van der Waals surface area (Å²) in [7, 11) is 0. The topological polar surface area (TPSA) is 50.1 Å². The van der Waals surface area contributed by atoms with Gasteiger partial charge in [-0.15, -0.1) is 0 Å². The van der Waals surface area contributed by atoms with Gasteiger partial charge in [-0.2, -0.15) is 5.26 Å². The molecular formula is C19H20FNO2. The zero-order valence-corrected chi connectivity index (χ0v) is 13.1. The zero-order chi connectivity index (χ0) is 16.0. The van der Waals surface area contributed by atoms with Gasteiger partial charge in [-0.05, 0) is 74.5 Å². The van der Waals surface area contributed by atoms with Crippen molar-refractivity contribution in [2.75, 3.05) is 6.61 Å². The first-order valence-corrected chi connectivity index (χ1v) is 8.44. The number of benzene rings is 1. The summed E-state index contributed by atoms with van der Waals surface area (Å²) < 4.78 is 19.3. The maximum absolute atomic E-state index is 13.9. The van der Waals surface area contributed by atoms with Crippen LogP contribution >= 0.6 is 0 Å². The van der Waals surface area contributed by atoms with Gasteiger partial charge >= 0.3 is 0 Å². The average molecular weight is 313 g/mol. The number of hydrogen-bond acceptors (Lipinski definition) is 3. The predicted molar refractivity (Wildman–Crippen MR) is 82.2 cm³/mol. The van der Waals surface area contributed by atoms with E-state index >= 15 is 0 Å². The molecule has 4 saturated carbocycles. The van der Waals surface area contributed by atoms with Crippen molar-refractivity contribution in [1.82, 2.24) is 0 Å². The quantitative estimate of drug-likeness (QED) is 0.848. The maximum atomic E-state index is 13.9.